The lowest BCUT2D eigenvalue weighted by Crippen LogP contribution is -2.44. The van der Waals surface area contributed by atoms with E-state index >= 15 is 0 Å². The van der Waals surface area contributed by atoms with Crippen molar-refractivity contribution in [2.45, 2.75) is 32.7 Å². The Labute approximate surface area is 110 Å². The van der Waals surface area contributed by atoms with E-state index in [-0.39, 0.29) is 5.54 Å². The van der Waals surface area contributed by atoms with Crippen LogP contribution in [0.2, 0.25) is 0 Å². The highest BCUT2D eigenvalue weighted by Crippen LogP contribution is 2.14. The Kier molecular flexibility index (Phi) is 5.34. The van der Waals surface area contributed by atoms with Crippen LogP contribution in [0.3, 0.4) is 0 Å². The lowest BCUT2D eigenvalue weighted by atomic mass is 10.0. The summed E-state index contributed by atoms with van der Waals surface area (Å²) < 4.78 is 5.47. The highest BCUT2D eigenvalue weighted by Gasteiger charge is 2.20. The number of ether oxygens (including phenoxy) is 1. The number of hydrogen-bond donors (Lipinski definition) is 1. The molecule has 0 aliphatic carbocycles. The van der Waals surface area contributed by atoms with Gasteiger partial charge in [0.1, 0.15) is 12.1 Å². The Hall–Kier alpha value is -1.36. The minimum atomic E-state index is 0.0649. The van der Waals surface area contributed by atoms with Gasteiger partial charge < -0.3 is 15.0 Å². The summed E-state index contributed by atoms with van der Waals surface area (Å²) in [6.45, 7) is 7.91. The fourth-order valence-electron chi connectivity index (χ4n) is 1.19. The molecule has 1 aromatic heterocycles. The van der Waals surface area contributed by atoms with E-state index < -0.39 is 0 Å². The molecule has 1 heterocycles. The van der Waals surface area contributed by atoms with Gasteiger partial charge in [0.15, 0.2) is 0 Å². The molecule has 0 spiro atoms. The summed E-state index contributed by atoms with van der Waals surface area (Å²) in [7, 11) is 4.13. The van der Waals surface area contributed by atoms with Crippen molar-refractivity contribution in [3.05, 3.63) is 12.4 Å². The summed E-state index contributed by atoms with van der Waals surface area (Å²) in [6.07, 6.45) is 2.50. The van der Waals surface area contributed by atoms with Gasteiger partial charge in [-0.05, 0) is 34.4 Å². The van der Waals surface area contributed by atoms with E-state index in [0.717, 1.165) is 18.8 Å². The zero-order chi connectivity index (χ0) is 13.6. The molecule has 0 aliphatic rings. The molecule has 0 saturated carbocycles. The minimum Gasteiger partial charge on any atom is -0.478 e. The third kappa shape index (κ3) is 4.49. The lowest BCUT2D eigenvalue weighted by molar-refractivity contribution is 0.210. The minimum absolute atomic E-state index is 0.0649. The normalized spacial score (nSPS) is 11.7. The first-order valence-electron chi connectivity index (χ1n) is 6.32. The SMILES string of the molecule is CCCOc1cc(NCC(C)(C)N(C)C)ncn1. The standard InChI is InChI=1S/C13H24N4O/c1-6-7-18-12-8-11(15-10-16-12)14-9-13(2,3)17(4)5/h8,10H,6-7,9H2,1-5H3,(H,14,15,16). The van der Waals surface area contributed by atoms with Crippen LogP contribution in [0.5, 0.6) is 5.88 Å². The van der Waals surface area contributed by atoms with Crippen molar-refractivity contribution in [2.75, 3.05) is 32.6 Å². The van der Waals surface area contributed by atoms with Gasteiger partial charge in [-0.25, -0.2) is 9.97 Å². The van der Waals surface area contributed by atoms with Gasteiger partial charge in [0.2, 0.25) is 5.88 Å². The zero-order valence-electron chi connectivity index (χ0n) is 12.0. The van der Waals surface area contributed by atoms with Crippen LogP contribution in [0.25, 0.3) is 0 Å². The van der Waals surface area contributed by atoms with E-state index in [2.05, 4.69) is 55.1 Å². The van der Waals surface area contributed by atoms with E-state index in [9.17, 15) is 0 Å². The molecule has 0 aliphatic heterocycles. The number of anilines is 1. The van der Waals surface area contributed by atoms with Gasteiger partial charge in [0, 0.05) is 18.2 Å². The Morgan fingerprint density at radius 1 is 1.33 bits per heavy atom. The van der Waals surface area contributed by atoms with Crippen molar-refractivity contribution in [3.63, 3.8) is 0 Å². The molecule has 0 unspecified atom stereocenters. The molecule has 0 saturated heterocycles. The third-order valence-corrected chi connectivity index (χ3v) is 3.01. The number of likely N-dealkylation sites (N-methyl/N-ethyl adjacent to an activating group) is 1. The number of rotatable bonds is 7. The second-order valence-corrected chi connectivity index (χ2v) is 5.15. The topological polar surface area (TPSA) is 50.3 Å². The molecule has 102 valence electrons. The molecule has 0 amide bonds. The van der Waals surface area contributed by atoms with Crippen LogP contribution in [0.15, 0.2) is 12.4 Å². The molecular formula is C13H24N4O. The third-order valence-electron chi connectivity index (χ3n) is 3.01. The fourth-order valence-corrected chi connectivity index (χ4v) is 1.19. The van der Waals surface area contributed by atoms with Crippen LogP contribution in [0.4, 0.5) is 5.82 Å². The molecule has 1 N–H and O–H groups in total. The Balaban J connectivity index is 2.57. The molecule has 0 aromatic carbocycles. The average molecular weight is 252 g/mol. The van der Waals surface area contributed by atoms with Gasteiger partial charge in [-0.1, -0.05) is 6.92 Å². The summed E-state index contributed by atoms with van der Waals surface area (Å²) in [5.41, 5.74) is 0.0649. The first-order chi connectivity index (χ1) is 8.45. The summed E-state index contributed by atoms with van der Waals surface area (Å²) in [4.78, 5) is 10.4. The predicted octanol–water partition coefficient (Wildman–Crippen LogP) is 2.02. The Morgan fingerprint density at radius 2 is 2.06 bits per heavy atom. The molecule has 1 aromatic rings. The first kappa shape index (κ1) is 14.7. The summed E-state index contributed by atoms with van der Waals surface area (Å²) in [5, 5.41) is 3.31. The molecular weight excluding hydrogens is 228 g/mol. The highest BCUT2D eigenvalue weighted by atomic mass is 16.5. The van der Waals surface area contributed by atoms with E-state index in [0.29, 0.717) is 12.5 Å². The number of nitrogens with zero attached hydrogens (tertiary/aromatic N) is 3. The van der Waals surface area contributed by atoms with Crippen molar-refractivity contribution in [2.24, 2.45) is 0 Å². The summed E-state index contributed by atoms with van der Waals surface area (Å²) >= 11 is 0. The fraction of sp³-hybridized carbons (Fsp3) is 0.692. The van der Waals surface area contributed by atoms with Crippen molar-refractivity contribution < 1.29 is 4.74 Å². The smallest absolute Gasteiger partial charge is 0.218 e. The van der Waals surface area contributed by atoms with Crippen molar-refractivity contribution in [1.82, 2.24) is 14.9 Å². The van der Waals surface area contributed by atoms with Gasteiger partial charge >= 0.3 is 0 Å². The van der Waals surface area contributed by atoms with Crippen molar-refractivity contribution in [3.8, 4) is 5.88 Å². The number of aromatic nitrogens is 2. The quantitative estimate of drug-likeness (QED) is 0.804. The number of hydrogen-bond acceptors (Lipinski definition) is 5. The van der Waals surface area contributed by atoms with Crippen molar-refractivity contribution in [1.29, 1.82) is 0 Å². The van der Waals surface area contributed by atoms with Crippen LogP contribution in [-0.4, -0.2) is 47.7 Å². The monoisotopic (exact) mass is 252 g/mol. The molecule has 1 rings (SSSR count). The van der Waals surface area contributed by atoms with Gasteiger partial charge in [0.05, 0.1) is 6.61 Å². The van der Waals surface area contributed by atoms with Gasteiger partial charge in [-0.15, -0.1) is 0 Å². The van der Waals surface area contributed by atoms with Crippen LogP contribution < -0.4 is 10.1 Å². The van der Waals surface area contributed by atoms with E-state index in [4.69, 9.17) is 4.74 Å². The Morgan fingerprint density at radius 3 is 2.67 bits per heavy atom. The molecule has 0 radical (unpaired) electrons. The largest absolute Gasteiger partial charge is 0.478 e. The molecule has 5 nitrogen and oxygen atoms in total. The van der Waals surface area contributed by atoms with Crippen LogP contribution >= 0.6 is 0 Å². The average Bonchev–Trinajstić information content (AvgIpc) is 2.34. The predicted molar refractivity (Wildman–Crippen MR) is 74.1 cm³/mol. The second kappa shape index (κ2) is 6.54. The second-order valence-electron chi connectivity index (χ2n) is 5.15. The molecule has 0 bridgehead atoms. The van der Waals surface area contributed by atoms with Gasteiger partial charge in [-0.3, -0.25) is 0 Å². The zero-order valence-corrected chi connectivity index (χ0v) is 12.0. The van der Waals surface area contributed by atoms with Crippen LogP contribution in [-0.2, 0) is 0 Å². The van der Waals surface area contributed by atoms with Crippen LogP contribution in [0.1, 0.15) is 27.2 Å². The maximum atomic E-state index is 5.47. The molecule has 0 atom stereocenters. The maximum absolute atomic E-state index is 5.47. The highest BCUT2D eigenvalue weighted by molar-refractivity contribution is 5.37. The first-order valence-corrected chi connectivity index (χ1v) is 6.32. The van der Waals surface area contributed by atoms with Gasteiger partial charge in [0.25, 0.3) is 0 Å². The van der Waals surface area contributed by atoms with E-state index in [1.165, 1.54) is 6.33 Å². The van der Waals surface area contributed by atoms with Crippen molar-refractivity contribution >= 4 is 5.82 Å². The van der Waals surface area contributed by atoms with Crippen LogP contribution in [0, 0.1) is 0 Å². The molecule has 18 heavy (non-hydrogen) atoms. The molecule has 5 heteroatoms. The number of nitrogens with one attached hydrogen (secondary N) is 1. The van der Waals surface area contributed by atoms with Gasteiger partial charge in [-0.2, -0.15) is 0 Å². The summed E-state index contributed by atoms with van der Waals surface area (Å²) in [6, 6.07) is 1.83. The molecule has 0 fully saturated rings. The van der Waals surface area contributed by atoms with E-state index in [1.807, 2.05) is 6.07 Å². The Bertz CT molecular complexity index is 366. The lowest BCUT2D eigenvalue weighted by Gasteiger charge is -2.32. The summed E-state index contributed by atoms with van der Waals surface area (Å²) in [5.74, 6) is 1.42. The maximum Gasteiger partial charge on any atom is 0.218 e. The van der Waals surface area contributed by atoms with E-state index in [1.54, 1.807) is 0 Å².